The molecule has 2 aromatic heterocycles. The predicted octanol–water partition coefficient (Wildman–Crippen LogP) is 3.51. The molecular formula is C21H22N4O. The van der Waals surface area contributed by atoms with Gasteiger partial charge in [-0.1, -0.05) is 12.1 Å². The minimum atomic E-state index is 0.160. The van der Waals surface area contributed by atoms with Crippen LogP contribution in [-0.2, 0) is 11.2 Å². The van der Waals surface area contributed by atoms with Gasteiger partial charge in [0.2, 0.25) is 5.91 Å². The van der Waals surface area contributed by atoms with E-state index in [-0.39, 0.29) is 5.91 Å². The number of hydrogen-bond acceptors (Lipinski definition) is 3. The van der Waals surface area contributed by atoms with Crippen molar-refractivity contribution < 1.29 is 4.79 Å². The molecule has 0 bridgehead atoms. The Kier molecular flexibility index (Phi) is 3.66. The highest BCUT2D eigenvalue weighted by atomic mass is 16.2. The normalized spacial score (nSPS) is 19.3. The van der Waals surface area contributed by atoms with E-state index < -0.39 is 0 Å². The van der Waals surface area contributed by atoms with Crippen molar-refractivity contribution in [1.29, 1.82) is 0 Å². The SMILES string of the molecule is O=C(Cc1c[nH]c2ncccc12)N1CC2CCCCN2c2ccccc21. The Bertz CT molecular complexity index is 963. The molecular weight excluding hydrogens is 324 g/mol. The van der Waals surface area contributed by atoms with E-state index in [0.717, 1.165) is 41.8 Å². The maximum atomic E-state index is 13.2. The van der Waals surface area contributed by atoms with Gasteiger partial charge < -0.3 is 14.8 Å². The van der Waals surface area contributed by atoms with Crippen LogP contribution in [-0.4, -0.2) is 35.0 Å². The van der Waals surface area contributed by atoms with Crippen LogP contribution in [0.25, 0.3) is 11.0 Å². The third-order valence-corrected chi connectivity index (χ3v) is 5.68. The largest absolute Gasteiger partial charge is 0.365 e. The Hall–Kier alpha value is -2.82. The zero-order chi connectivity index (χ0) is 17.5. The molecule has 0 spiro atoms. The lowest BCUT2D eigenvalue weighted by Gasteiger charge is -2.46. The topological polar surface area (TPSA) is 52.2 Å². The minimum absolute atomic E-state index is 0.160. The number of benzene rings is 1. The lowest BCUT2D eigenvalue weighted by Crippen LogP contribution is -2.53. The third kappa shape index (κ3) is 2.46. The second kappa shape index (κ2) is 6.16. The molecule has 1 saturated heterocycles. The highest BCUT2D eigenvalue weighted by molar-refractivity contribution is 6.00. The zero-order valence-electron chi connectivity index (χ0n) is 14.7. The van der Waals surface area contributed by atoms with Gasteiger partial charge in [-0.05, 0) is 49.1 Å². The number of H-pyrrole nitrogens is 1. The number of aromatic nitrogens is 2. The van der Waals surface area contributed by atoms with Crippen LogP contribution in [0.5, 0.6) is 0 Å². The lowest BCUT2D eigenvalue weighted by molar-refractivity contribution is -0.118. The fraction of sp³-hybridized carbons (Fsp3) is 0.333. The van der Waals surface area contributed by atoms with Gasteiger partial charge in [0.05, 0.1) is 17.8 Å². The summed E-state index contributed by atoms with van der Waals surface area (Å²) < 4.78 is 0. The summed E-state index contributed by atoms with van der Waals surface area (Å²) in [6.07, 6.45) is 7.73. The minimum Gasteiger partial charge on any atom is -0.365 e. The molecule has 5 nitrogen and oxygen atoms in total. The van der Waals surface area contributed by atoms with Gasteiger partial charge in [0.25, 0.3) is 0 Å². The molecule has 1 fully saturated rings. The Morgan fingerprint density at radius 3 is 2.96 bits per heavy atom. The molecule has 0 saturated carbocycles. The fourth-order valence-electron chi connectivity index (χ4n) is 4.41. The number of anilines is 2. The fourth-order valence-corrected chi connectivity index (χ4v) is 4.41. The summed E-state index contributed by atoms with van der Waals surface area (Å²) in [6, 6.07) is 12.7. The summed E-state index contributed by atoms with van der Waals surface area (Å²) in [5.41, 5.74) is 4.11. The number of amides is 1. The molecule has 1 aromatic carbocycles. The van der Waals surface area contributed by atoms with Crippen LogP contribution in [0.1, 0.15) is 24.8 Å². The number of nitrogens with zero attached hydrogens (tertiary/aromatic N) is 3. The average molecular weight is 346 g/mol. The van der Waals surface area contributed by atoms with E-state index in [0.29, 0.717) is 12.5 Å². The molecule has 1 atom stereocenters. The number of piperidine rings is 1. The molecule has 0 radical (unpaired) electrons. The number of pyridine rings is 1. The quantitative estimate of drug-likeness (QED) is 0.772. The zero-order valence-corrected chi connectivity index (χ0v) is 14.7. The summed E-state index contributed by atoms with van der Waals surface area (Å²) in [6.45, 7) is 1.88. The van der Waals surface area contributed by atoms with Crippen LogP contribution in [0.2, 0.25) is 0 Å². The number of carbonyl (C=O) groups is 1. The van der Waals surface area contributed by atoms with Crippen LogP contribution < -0.4 is 9.80 Å². The first-order valence-electron chi connectivity index (χ1n) is 9.38. The van der Waals surface area contributed by atoms with E-state index in [1.807, 2.05) is 29.3 Å². The Balaban J connectivity index is 1.48. The van der Waals surface area contributed by atoms with E-state index in [1.54, 1.807) is 6.20 Å². The van der Waals surface area contributed by atoms with E-state index >= 15 is 0 Å². The molecule has 1 unspecified atom stereocenters. The monoisotopic (exact) mass is 346 g/mol. The van der Waals surface area contributed by atoms with Crippen molar-refractivity contribution >= 4 is 28.3 Å². The van der Waals surface area contributed by atoms with Gasteiger partial charge in [0, 0.05) is 36.9 Å². The molecule has 1 N–H and O–H groups in total. The van der Waals surface area contributed by atoms with Crippen molar-refractivity contribution in [2.45, 2.75) is 31.7 Å². The van der Waals surface area contributed by atoms with E-state index in [2.05, 4.69) is 33.1 Å². The van der Waals surface area contributed by atoms with Crippen LogP contribution in [0, 0.1) is 0 Å². The molecule has 2 aliphatic heterocycles. The Morgan fingerprint density at radius 2 is 2.04 bits per heavy atom. The van der Waals surface area contributed by atoms with Gasteiger partial charge in [-0.3, -0.25) is 4.79 Å². The van der Waals surface area contributed by atoms with Gasteiger partial charge in [-0.2, -0.15) is 0 Å². The van der Waals surface area contributed by atoms with E-state index in [4.69, 9.17) is 0 Å². The van der Waals surface area contributed by atoms with Crippen molar-refractivity contribution in [3.05, 3.63) is 54.4 Å². The molecule has 26 heavy (non-hydrogen) atoms. The molecule has 1 amide bonds. The first-order chi connectivity index (χ1) is 12.8. The van der Waals surface area contributed by atoms with E-state index in [1.165, 1.54) is 18.5 Å². The maximum Gasteiger partial charge on any atom is 0.231 e. The summed E-state index contributed by atoms with van der Waals surface area (Å²) in [7, 11) is 0. The highest BCUT2D eigenvalue weighted by Crippen LogP contribution is 2.38. The van der Waals surface area contributed by atoms with Crippen molar-refractivity contribution in [3.8, 4) is 0 Å². The number of para-hydroxylation sites is 2. The van der Waals surface area contributed by atoms with Crippen molar-refractivity contribution in [1.82, 2.24) is 9.97 Å². The van der Waals surface area contributed by atoms with Gasteiger partial charge in [0.15, 0.2) is 0 Å². The maximum absolute atomic E-state index is 13.2. The average Bonchev–Trinajstić information content (AvgIpc) is 3.10. The molecule has 0 aliphatic carbocycles. The van der Waals surface area contributed by atoms with Crippen molar-refractivity contribution in [3.63, 3.8) is 0 Å². The number of aromatic amines is 1. The van der Waals surface area contributed by atoms with Gasteiger partial charge in [-0.15, -0.1) is 0 Å². The highest BCUT2D eigenvalue weighted by Gasteiger charge is 2.34. The number of carbonyl (C=O) groups excluding carboxylic acids is 1. The summed E-state index contributed by atoms with van der Waals surface area (Å²) in [5.74, 6) is 0.160. The van der Waals surface area contributed by atoms with Crippen molar-refractivity contribution in [2.75, 3.05) is 22.9 Å². The standard InChI is InChI=1S/C21H22N4O/c26-20(12-15-13-23-21-17(15)7-5-10-22-21)25-14-16-6-3-4-11-24(16)18-8-1-2-9-19(18)25/h1-2,5,7-10,13,16H,3-4,6,11-12,14H2,(H,22,23). The molecule has 3 aromatic rings. The Morgan fingerprint density at radius 1 is 1.15 bits per heavy atom. The predicted molar refractivity (Wildman–Crippen MR) is 104 cm³/mol. The number of fused-ring (bicyclic) bond motifs is 4. The third-order valence-electron chi connectivity index (χ3n) is 5.68. The van der Waals surface area contributed by atoms with Gasteiger partial charge >= 0.3 is 0 Å². The molecule has 2 aliphatic rings. The van der Waals surface area contributed by atoms with Gasteiger partial charge in [0.1, 0.15) is 5.65 Å². The second-order valence-electron chi connectivity index (χ2n) is 7.23. The van der Waals surface area contributed by atoms with E-state index in [9.17, 15) is 4.79 Å². The number of nitrogens with one attached hydrogen (secondary N) is 1. The number of rotatable bonds is 2. The van der Waals surface area contributed by atoms with Crippen LogP contribution in [0.3, 0.4) is 0 Å². The van der Waals surface area contributed by atoms with Crippen LogP contribution in [0.15, 0.2) is 48.8 Å². The number of hydrogen-bond donors (Lipinski definition) is 1. The molecule has 132 valence electrons. The second-order valence-corrected chi connectivity index (χ2v) is 7.23. The first kappa shape index (κ1) is 15.4. The molecule has 5 rings (SSSR count). The smallest absolute Gasteiger partial charge is 0.231 e. The molecule has 4 heterocycles. The summed E-state index contributed by atoms with van der Waals surface area (Å²) >= 11 is 0. The summed E-state index contributed by atoms with van der Waals surface area (Å²) in [4.78, 5) is 25.2. The Labute approximate surface area is 152 Å². The molecule has 5 heteroatoms. The van der Waals surface area contributed by atoms with Gasteiger partial charge in [-0.25, -0.2) is 4.98 Å². The van der Waals surface area contributed by atoms with Crippen molar-refractivity contribution in [2.24, 2.45) is 0 Å². The summed E-state index contributed by atoms with van der Waals surface area (Å²) in [5, 5.41) is 1.03. The van der Waals surface area contributed by atoms with Crippen LogP contribution >= 0.6 is 0 Å². The van der Waals surface area contributed by atoms with Crippen LogP contribution in [0.4, 0.5) is 11.4 Å². The first-order valence-corrected chi connectivity index (χ1v) is 9.38. The lowest BCUT2D eigenvalue weighted by atomic mass is 9.96.